The van der Waals surface area contributed by atoms with Crippen LogP contribution < -0.4 is 0 Å². The molecule has 0 N–H and O–H groups in total. The van der Waals surface area contributed by atoms with E-state index in [1.54, 1.807) is 0 Å². The molecule has 0 aromatic heterocycles. The van der Waals surface area contributed by atoms with Crippen molar-refractivity contribution >= 4 is 0 Å². The van der Waals surface area contributed by atoms with Gasteiger partial charge in [0.1, 0.15) is 0 Å². The highest BCUT2D eigenvalue weighted by Crippen LogP contribution is 2.33. The predicted octanol–water partition coefficient (Wildman–Crippen LogP) is 3.15. The summed E-state index contributed by atoms with van der Waals surface area (Å²) in [4.78, 5) is 0. The van der Waals surface area contributed by atoms with Gasteiger partial charge in [-0.2, -0.15) is 17.6 Å². The summed E-state index contributed by atoms with van der Waals surface area (Å²) in [5.74, 6) is -4.11. The average Bonchev–Trinajstić information content (AvgIpc) is 1.64. The predicted molar refractivity (Wildman–Crippen MR) is 36.0 cm³/mol. The standard InChI is InChI=1S/C4H6F4O.2CH4/c1-3(5,6)4(7,8)9-2;;/h1-2H3;2*1H4. The molecule has 0 bridgehead atoms. The molecule has 0 amide bonds. The van der Waals surface area contributed by atoms with E-state index < -0.39 is 12.0 Å². The van der Waals surface area contributed by atoms with E-state index in [9.17, 15) is 17.6 Å². The number of rotatable bonds is 2. The average molecular weight is 178 g/mol. The Morgan fingerprint density at radius 2 is 1.27 bits per heavy atom. The Balaban J connectivity index is -0.000000320. The normalized spacial score (nSPS) is 11.5. The topological polar surface area (TPSA) is 9.23 Å². The van der Waals surface area contributed by atoms with Gasteiger partial charge >= 0.3 is 12.0 Å². The summed E-state index contributed by atoms with van der Waals surface area (Å²) < 4.78 is 49.8. The largest absolute Gasteiger partial charge is 0.418 e. The molecule has 0 aliphatic heterocycles. The van der Waals surface area contributed by atoms with E-state index in [2.05, 4.69) is 4.74 Å². The Labute approximate surface area is 64.4 Å². The van der Waals surface area contributed by atoms with Gasteiger partial charge in [-0.15, -0.1) is 0 Å². The van der Waals surface area contributed by atoms with Crippen molar-refractivity contribution in [3.63, 3.8) is 0 Å². The molecular formula is C6H14F4O. The highest BCUT2D eigenvalue weighted by Gasteiger charge is 2.52. The molecule has 0 saturated carbocycles. The van der Waals surface area contributed by atoms with Gasteiger partial charge in [0.25, 0.3) is 0 Å². The molecule has 0 aromatic carbocycles. The summed E-state index contributed by atoms with van der Waals surface area (Å²) in [6.07, 6.45) is -4.35. The van der Waals surface area contributed by atoms with Crippen LogP contribution in [0.5, 0.6) is 0 Å². The lowest BCUT2D eigenvalue weighted by Crippen LogP contribution is -2.39. The Morgan fingerprint density at radius 1 is 1.00 bits per heavy atom. The van der Waals surface area contributed by atoms with Crippen molar-refractivity contribution in [2.45, 2.75) is 33.8 Å². The maximum atomic E-state index is 11.7. The first-order valence-electron chi connectivity index (χ1n) is 2.12. The van der Waals surface area contributed by atoms with E-state index in [0.717, 1.165) is 0 Å². The smallest absolute Gasteiger partial charge is 0.319 e. The van der Waals surface area contributed by atoms with Crippen molar-refractivity contribution in [3.8, 4) is 0 Å². The van der Waals surface area contributed by atoms with Crippen LogP contribution in [-0.2, 0) is 4.74 Å². The van der Waals surface area contributed by atoms with Gasteiger partial charge in [-0.25, -0.2) is 0 Å². The van der Waals surface area contributed by atoms with Crippen molar-refractivity contribution in [3.05, 3.63) is 0 Å². The number of hydrogen-bond acceptors (Lipinski definition) is 1. The minimum absolute atomic E-state index is 0. The van der Waals surface area contributed by atoms with Crippen molar-refractivity contribution in [1.29, 1.82) is 0 Å². The first-order chi connectivity index (χ1) is 3.81. The number of methoxy groups -OCH3 is 1. The van der Waals surface area contributed by atoms with E-state index >= 15 is 0 Å². The van der Waals surface area contributed by atoms with E-state index in [1.165, 1.54) is 0 Å². The monoisotopic (exact) mass is 178 g/mol. The van der Waals surface area contributed by atoms with Crippen molar-refractivity contribution < 1.29 is 22.3 Å². The number of ether oxygens (including phenoxy) is 1. The zero-order valence-corrected chi connectivity index (χ0v) is 4.92. The third kappa shape index (κ3) is 4.19. The maximum Gasteiger partial charge on any atom is 0.418 e. The molecular weight excluding hydrogens is 164 g/mol. The second-order valence-electron chi connectivity index (χ2n) is 1.61. The Hall–Kier alpha value is -0.320. The van der Waals surface area contributed by atoms with Gasteiger partial charge < -0.3 is 4.74 Å². The molecule has 0 rings (SSSR count). The highest BCUT2D eigenvalue weighted by atomic mass is 19.3. The molecule has 1 nitrogen and oxygen atoms in total. The Kier molecular flexibility index (Phi) is 7.00. The summed E-state index contributed by atoms with van der Waals surface area (Å²) in [5, 5.41) is 0. The molecule has 0 atom stereocenters. The molecule has 5 heteroatoms. The molecule has 11 heavy (non-hydrogen) atoms. The van der Waals surface area contributed by atoms with Crippen LogP contribution in [0.25, 0.3) is 0 Å². The third-order valence-corrected chi connectivity index (χ3v) is 0.767. The molecule has 0 aromatic rings. The van der Waals surface area contributed by atoms with Gasteiger partial charge in [0.15, 0.2) is 0 Å². The van der Waals surface area contributed by atoms with Gasteiger partial charge in [0.2, 0.25) is 0 Å². The fourth-order valence-electron chi connectivity index (χ4n) is 0.179. The van der Waals surface area contributed by atoms with Crippen molar-refractivity contribution in [1.82, 2.24) is 0 Å². The van der Waals surface area contributed by atoms with Crippen LogP contribution in [-0.4, -0.2) is 19.1 Å². The first kappa shape index (κ1) is 17.0. The van der Waals surface area contributed by atoms with E-state index in [0.29, 0.717) is 7.11 Å². The van der Waals surface area contributed by atoms with Crippen LogP contribution >= 0.6 is 0 Å². The van der Waals surface area contributed by atoms with Crippen LogP contribution in [0.1, 0.15) is 21.8 Å². The van der Waals surface area contributed by atoms with Crippen LogP contribution in [0.2, 0.25) is 0 Å². The summed E-state index contributed by atoms with van der Waals surface area (Å²) in [6, 6.07) is 0. The van der Waals surface area contributed by atoms with Gasteiger partial charge in [-0.3, -0.25) is 0 Å². The van der Waals surface area contributed by atoms with Crippen LogP contribution in [0.15, 0.2) is 0 Å². The van der Waals surface area contributed by atoms with E-state index in [4.69, 9.17) is 0 Å². The zero-order chi connectivity index (χ0) is 7.71. The Morgan fingerprint density at radius 3 is 1.27 bits per heavy atom. The second-order valence-corrected chi connectivity index (χ2v) is 1.61. The Bertz CT molecular complexity index is 97.2. The second kappa shape index (κ2) is 4.54. The van der Waals surface area contributed by atoms with Gasteiger partial charge in [-0.05, 0) is 0 Å². The minimum atomic E-state index is -4.35. The van der Waals surface area contributed by atoms with Gasteiger partial charge in [0.05, 0.1) is 0 Å². The lowest BCUT2D eigenvalue weighted by molar-refractivity contribution is -0.330. The third-order valence-electron chi connectivity index (χ3n) is 0.767. The van der Waals surface area contributed by atoms with Gasteiger partial charge in [0, 0.05) is 14.0 Å². The molecule has 0 heterocycles. The molecule has 0 spiro atoms. The highest BCUT2D eigenvalue weighted by molar-refractivity contribution is 4.69. The van der Waals surface area contributed by atoms with E-state index in [-0.39, 0.29) is 21.8 Å². The maximum absolute atomic E-state index is 11.7. The molecule has 0 aliphatic carbocycles. The zero-order valence-electron chi connectivity index (χ0n) is 4.92. The molecule has 0 radical (unpaired) electrons. The molecule has 0 unspecified atom stereocenters. The fourth-order valence-corrected chi connectivity index (χ4v) is 0.179. The lowest BCUT2D eigenvalue weighted by Gasteiger charge is -2.20. The minimum Gasteiger partial charge on any atom is -0.319 e. The summed E-state index contributed by atoms with van der Waals surface area (Å²) in [6.45, 7) is 0.0938. The fraction of sp³-hybridized carbons (Fsp3) is 1.00. The van der Waals surface area contributed by atoms with Crippen LogP contribution in [0, 0.1) is 0 Å². The quantitative estimate of drug-likeness (QED) is 0.590. The SMILES string of the molecule is C.C.COC(F)(F)C(C)(F)F. The van der Waals surface area contributed by atoms with Gasteiger partial charge in [-0.1, -0.05) is 14.9 Å². The van der Waals surface area contributed by atoms with Crippen LogP contribution in [0.4, 0.5) is 17.6 Å². The summed E-state index contributed by atoms with van der Waals surface area (Å²) >= 11 is 0. The lowest BCUT2D eigenvalue weighted by atomic mass is 10.4. The number of halogens is 4. The van der Waals surface area contributed by atoms with Crippen molar-refractivity contribution in [2.75, 3.05) is 7.11 Å². The van der Waals surface area contributed by atoms with Crippen molar-refractivity contribution in [2.24, 2.45) is 0 Å². The summed E-state index contributed by atoms with van der Waals surface area (Å²) in [7, 11) is 0.525. The van der Waals surface area contributed by atoms with E-state index in [1.807, 2.05) is 0 Å². The molecule has 0 saturated heterocycles. The first-order valence-corrected chi connectivity index (χ1v) is 2.12. The number of alkyl halides is 4. The number of hydrogen-bond donors (Lipinski definition) is 0. The van der Waals surface area contributed by atoms with Crippen LogP contribution in [0.3, 0.4) is 0 Å². The molecule has 0 aliphatic rings. The molecule has 0 fully saturated rings. The summed E-state index contributed by atoms with van der Waals surface area (Å²) in [5.41, 5.74) is 0. The molecule has 72 valence electrons.